The lowest BCUT2D eigenvalue weighted by Gasteiger charge is -2.30. The van der Waals surface area contributed by atoms with E-state index in [4.69, 9.17) is 5.73 Å². The van der Waals surface area contributed by atoms with Gasteiger partial charge in [0.1, 0.15) is 0 Å². The molecule has 96 valence electrons. The van der Waals surface area contributed by atoms with Crippen LogP contribution in [0.15, 0.2) is 4.99 Å². The zero-order valence-electron chi connectivity index (χ0n) is 11.7. The van der Waals surface area contributed by atoms with Gasteiger partial charge in [0, 0.05) is 12.1 Å². The third kappa shape index (κ3) is 6.67. The number of aliphatic imine (C=N–C) groups is 1. The molecule has 3 N–H and O–H groups in total. The largest absolute Gasteiger partial charge is 0.370 e. The standard InChI is InChI=1S/C12H28N4/c1-10(2)7-8-14-11(13)15-9-12(3,4)16(5)6/h10H,7-9H2,1-6H3,(H3,13,14,15). The number of guanidine groups is 1. The summed E-state index contributed by atoms with van der Waals surface area (Å²) in [4.78, 5) is 6.51. The maximum Gasteiger partial charge on any atom is 0.188 e. The van der Waals surface area contributed by atoms with Crippen molar-refractivity contribution in [2.75, 3.05) is 27.2 Å². The fourth-order valence-electron chi connectivity index (χ4n) is 0.965. The zero-order valence-corrected chi connectivity index (χ0v) is 11.7. The van der Waals surface area contributed by atoms with Crippen molar-refractivity contribution < 1.29 is 0 Å². The average Bonchev–Trinajstić information content (AvgIpc) is 2.14. The Labute approximate surface area is 100 Å². The summed E-state index contributed by atoms with van der Waals surface area (Å²) in [6, 6.07) is 0. The number of nitrogens with zero attached hydrogens (tertiary/aromatic N) is 2. The lowest BCUT2D eigenvalue weighted by atomic mass is 10.1. The van der Waals surface area contributed by atoms with Crippen molar-refractivity contribution in [3.63, 3.8) is 0 Å². The first-order valence-corrected chi connectivity index (χ1v) is 5.97. The predicted octanol–water partition coefficient (Wildman–Crippen LogP) is 1.28. The van der Waals surface area contributed by atoms with Crippen LogP contribution >= 0.6 is 0 Å². The molecule has 0 aliphatic heterocycles. The lowest BCUT2D eigenvalue weighted by Crippen LogP contribution is -2.42. The highest BCUT2D eigenvalue weighted by molar-refractivity contribution is 5.77. The van der Waals surface area contributed by atoms with Crippen LogP contribution in [0.4, 0.5) is 0 Å². The molecule has 0 spiro atoms. The Morgan fingerprint density at radius 3 is 2.38 bits per heavy atom. The van der Waals surface area contributed by atoms with Gasteiger partial charge in [-0.2, -0.15) is 0 Å². The number of likely N-dealkylation sites (N-methyl/N-ethyl adjacent to an activating group) is 1. The van der Waals surface area contributed by atoms with Gasteiger partial charge in [0.15, 0.2) is 5.96 Å². The van der Waals surface area contributed by atoms with E-state index >= 15 is 0 Å². The van der Waals surface area contributed by atoms with Gasteiger partial charge in [-0.25, -0.2) is 0 Å². The third-order valence-electron chi connectivity index (χ3n) is 2.87. The number of hydrogen-bond donors (Lipinski definition) is 2. The highest BCUT2D eigenvalue weighted by Crippen LogP contribution is 2.09. The Bertz CT molecular complexity index is 219. The molecule has 0 amide bonds. The number of nitrogens with two attached hydrogens (primary N) is 1. The maximum atomic E-state index is 5.79. The van der Waals surface area contributed by atoms with Gasteiger partial charge in [-0.05, 0) is 40.3 Å². The molecule has 0 bridgehead atoms. The molecular weight excluding hydrogens is 200 g/mol. The number of nitrogens with one attached hydrogen (secondary N) is 1. The molecule has 0 aliphatic carbocycles. The first-order valence-electron chi connectivity index (χ1n) is 5.97. The van der Waals surface area contributed by atoms with Gasteiger partial charge in [-0.1, -0.05) is 13.8 Å². The van der Waals surface area contributed by atoms with E-state index in [1.54, 1.807) is 0 Å². The molecule has 0 aromatic rings. The van der Waals surface area contributed by atoms with Gasteiger partial charge in [0.05, 0.1) is 6.54 Å². The van der Waals surface area contributed by atoms with Gasteiger partial charge in [-0.3, -0.25) is 4.99 Å². The number of hydrogen-bond acceptors (Lipinski definition) is 2. The predicted molar refractivity (Wildman–Crippen MR) is 71.7 cm³/mol. The third-order valence-corrected chi connectivity index (χ3v) is 2.87. The Morgan fingerprint density at radius 2 is 1.94 bits per heavy atom. The molecule has 0 fully saturated rings. The molecule has 0 radical (unpaired) electrons. The molecule has 0 unspecified atom stereocenters. The molecule has 0 aromatic carbocycles. The Kier molecular flexibility index (Phi) is 6.41. The van der Waals surface area contributed by atoms with Crippen molar-refractivity contribution in [3.8, 4) is 0 Å². The van der Waals surface area contributed by atoms with Crippen LogP contribution in [0, 0.1) is 5.92 Å². The Balaban J connectivity index is 3.95. The van der Waals surface area contributed by atoms with Crippen molar-refractivity contribution in [1.82, 2.24) is 10.2 Å². The van der Waals surface area contributed by atoms with Crippen LogP contribution in [-0.4, -0.2) is 43.6 Å². The van der Waals surface area contributed by atoms with E-state index in [0.29, 0.717) is 18.4 Å². The second kappa shape index (κ2) is 6.74. The smallest absolute Gasteiger partial charge is 0.188 e. The zero-order chi connectivity index (χ0) is 12.8. The van der Waals surface area contributed by atoms with Crippen molar-refractivity contribution in [2.45, 2.75) is 39.7 Å². The fourth-order valence-corrected chi connectivity index (χ4v) is 0.965. The van der Waals surface area contributed by atoms with E-state index in [2.05, 4.69) is 57.0 Å². The van der Waals surface area contributed by atoms with Gasteiger partial charge < -0.3 is 16.0 Å². The average molecular weight is 228 g/mol. The Morgan fingerprint density at radius 1 is 1.38 bits per heavy atom. The minimum Gasteiger partial charge on any atom is -0.370 e. The summed E-state index contributed by atoms with van der Waals surface area (Å²) < 4.78 is 0. The van der Waals surface area contributed by atoms with Crippen LogP contribution in [0.2, 0.25) is 0 Å². The normalized spacial score (nSPS) is 13.6. The first kappa shape index (κ1) is 15.2. The van der Waals surface area contributed by atoms with E-state index < -0.39 is 0 Å². The van der Waals surface area contributed by atoms with Crippen LogP contribution in [0.3, 0.4) is 0 Å². The van der Waals surface area contributed by atoms with Crippen LogP contribution in [0.1, 0.15) is 34.1 Å². The summed E-state index contributed by atoms with van der Waals surface area (Å²) in [5.74, 6) is 1.24. The first-order chi connectivity index (χ1) is 7.25. The van der Waals surface area contributed by atoms with E-state index in [1.165, 1.54) is 0 Å². The van der Waals surface area contributed by atoms with E-state index in [-0.39, 0.29) is 5.54 Å². The molecule has 0 aromatic heterocycles. The van der Waals surface area contributed by atoms with E-state index in [0.717, 1.165) is 13.0 Å². The molecule has 0 aliphatic rings. The molecular formula is C12H28N4. The molecule has 0 heterocycles. The van der Waals surface area contributed by atoms with Crippen molar-refractivity contribution in [3.05, 3.63) is 0 Å². The van der Waals surface area contributed by atoms with Crippen LogP contribution in [0.5, 0.6) is 0 Å². The molecule has 4 heteroatoms. The highest BCUT2D eigenvalue weighted by Gasteiger charge is 2.19. The second-order valence-corrected chi connectivity index (χ2v) is 5.52. The van der Waals surface area contributed by atoms with Gasteiger partial charge >= 0.3 is 0 Å². The topological polar surface area (TPSA) is 53.6 Å². The molecule has 0 saturated heterocycles. The number of rotatable bonds is 6. The highest BCUT2D eigenvalue weighted by atomic mass is 15.2. The maximum absolute atomic E-state index is 5.79. The second-order valence-electron chi connectivity index (χ2n) is 5.52. The van der Waals surface area contributed by atoms with Crippen LogP contribution in [0.25, 0.3) is 0 Å². The minimum atomic E-state index is 0.0460. The summed E-state index contributed by atoms with van der Waals surface area (Å²) in [5.41, 5.74) is 5.83. The summed E-state index contributed by atoms with van der Waals surface area (Å²) in [6.45, 7) is 10.3. The molecule has 0 rings (SSSR count). The monoisotopic (exact) mass is 228 g/mol. The Hall–Kier alpha value is -0.770. The molecule has 16 heavy (non-hydrogen) atoms. The quantitative estimate of drug-likeness (QED) is 0.532. The molecule has 4 nitrogen and oxygen atoms in total. The van der Waals surface area contributed by atoms with Gasteiger partial charge in [0.2, 0.25) is 0 Å². The molecule has 0 saturated carbocycles. The fraction of sp³-hybridized carbons (Fsp3) is 0.917. The summed E-state index contributed by atoms with van der Waals surface area (Å²) in [7, 11) is 4.11. The van der Waals surface area contributed by atoms with Gasteiger partial charge in [-0.15, -0.1) is 0 Å². The van der Waals surface area contributed by atoms with Gasteiger partial charge in [0.25, 0.3) is 0 Å². The minimum absolute atomic E-state index is 0.0460. The van der Waals surface area contributed by atoms with Crippen LogP contribution in [-0.2, 0) is 0 Å². The van der Waals surface area contributed by atoms with E-state index in [9.17, 15) is 0 Å². The summed E-state index contributed by atoms with van der Waals surface area (Å²) in [6.07, 6.45) is 1.12. The summed E-state index contributed by atoms with van der Waals surface area (Å²) >= 11 is 0. The summed E-state index contributed by atoms with van der Waals surface area (Å²) in [5, 5.41) is 3.13. The SMILES string of the molecule is CC(C)CCNC(N)=NCC(C)(C)N(C)C. The van der Waals surface area contributed by atoms with E-state index in [1.807, 2.05) is 0 Å². The lowest BCUT2D eigenvalue weighted by molar-refractivity contribution is 0.205. The van der Waals surface area contributed by atoms with Crippen molar-refractivity contribution >= 4 is 5.96 Å². The molecule has 0 atom stereocenters. The van der Waals surface area contributed by atoms with Crippen LogP contribution < -0.4 is 11.1 Å². The van der Waals surface area contributed by atoms with Crippen molar-refractivity contribution in [2.24, 2.45) is 16.6 Å². The van der Waals surface area contributed by atoms with Crippen molar-refractivity contribution in [1.29, 1.82) is 0 Å².